The van der Waals surface area contributed by atoms with Crippen molar-refractivity contribution in [1.29, 1.82) is 0 Å². The number of rotatable bonds is 2. The highest BCUT2D eigenvalue weighted by Gasteiger charge is 2.58. The molecule has 0 spiro atoms. The zero-order valence-electron chi connectivity index (χ0n) is 15.4. The number of carbonyl (C=O) groups excluding carboxylic acids is 1. The maximum atomic E-state index is 12.8. The summed E-state index contributed by atoms with van der Waals surface area (Å²) in [6.07, 6.45) is 9.93. The molecule has 4 bridgehead atoms. The van der Waals surface area contributed by atoms with E-state index in [-0.39, 0.29) is 11.6 Å². The monoisotopic (exact) mass is 338 g/mol. The number of nitrogens with one attached hydrogen (secondary N) is 1. The van der Waals surface area contributed by atoms with Crippen LogP contribution in [-0.4, -0.2) is 29.6 Å². The topological polar surface area (TPSA) is 32.3 Å². The fraction of sp³-hybridized carbons (Fsp3) is 0.682. The molecule has 4 saturated carbocycles. The molecular formula is C22H30N2O. The van der Waals surface area contributed by atoms with Crippen LogP contribution in [0.25, 0.3) is 0 Å². The highest BCUT2D eigenvalue weighted by Crippen LogP contribution is 2.62. The van der Waals surface area contributed by atoms with Crippen molar-refractivity contribution in [3.05, 3.63) is 35.4 Å². The normalized spacial score (nSPS) is 39.0. The Labute approximate surface area is 151 Å². The molecule has 2 atom stereocenters. The molecule has 5 aliphatic rings. The SMILES string of the molecule is Cc1ccc(C23CC4CC(CC(NC(=O)N5CCCC5)(C4)C2)C3)cc1. The van der Waals surface area contributed by atoms with Crippen molar-refractivity contribution in [2.75, 3.05) is 13.1 Å². The van der Waals surface area contributed by atoms with Crippen LogP contribution in [0, 0.1) is 18.8 Å². The van der Waals surface area contributed by atoms with E-state index in [0.717, 1.165) is 31.3 Å². The molecule has 134 valence electrons. The fourth-order valence-electron chi connectivity index (χ4n) is 6.88. The Morgan fingerprint density at radius 2 is 1.68 bits per heavy atom. The zero-order chi connectivity index (χ0) is 17.1. The number of hydrogen-bond acceptors (Lipinski definition) is 1. The van der Waals surface area contributed by atoms with Crippen molar-refractivity contribution in [1.82, 2.24) is 10.2 Å². The van der Waals surface area contributed by atoms with Gasteiger partial charge in [0, 0.05) is 18.6 Å². The Bertz CT molecular complexity index is 660. The molecule has 1 saturated heterocycles. The molecular weight excluding hydrogens is 308 g/mol. The van der Waals surface area contributed by atoms with Gasteiger partial charge in [-0.2, -0.15) is 0 Å². The molecule has 0 radical (unpaired) electrons. The lowest BCUT2D eigenvalue weighted by molar-refractivity contribution is -0.0364. The van der Waals surface area contributed by atoms with Gasteiger partial charge >= 0.3 is 6.03 Å². The summed E-state index contributed by atoms with van der Waals surface area (Å²) in [6.45, 7) is 4.05. The van der Waals surface area contributed by atoms with Gasteiger partial charge in [-0.1, -0.05) is 29.8 Å². The number of benzene rings is 1. The maximum Gasteiger partial charge on any atom is 0.317 e. The molecule has 2 amide bonds. The third kappa shape index (κ3) is 2.58. The Morgan fingerprint density at radius 3 is 2.32 bits per heavy atom. The van der Waals surface area contributed by atoms with Gasteiger partial charge in [0.2, 0.25) is 0 Å². The highest BCUT2D eigenvalue weighted by molar-refractivity contribution is 5.75. The minimum absolute atomic E-state index is 0.0502. The van der Waals surface area contributed by atoms with Gasteiger partial charge in [0.05, 0.1) is 0 Å². The highest BCUT2D eigenvalue weighted by atomic mass is 16.2. The van der Waals surface area contributed by atoms with E-state index in [1.165, 1.54) is 56.1 Å². The van der Waals surface area contributed by atoms with Crippen molar-refractivity contribution in [3.8, 4) is 0 Å². The smallest absolute Gasteiger partial charge is 0.317 e. The predicted molar refractivity (Wildman–Crippen MR) is 99.6 cm³/mol. The molecule has 0 aromatic heterocycles. The van der Waals surface area contributed by atoms with Crippen molar-refractivity contribution < 1.29 is 4.79 Å². The number of urea groups is 1. The van der Waals surface area contributed by atoms with Gasteiger partial charge in [0.15, 0.2) is 0 Å². The van der Waals surface area contributed by atoms with E-state index in [4.69, 9.17) is 0 Å². The van der Waals surface area contributed by atoms with E-state index < -0.39 is 0 Å². The molecule has 6 rings (SSSR count). The molecule has 4 aliphatic carbocycles. The molecule has 1 heterocycles. The molecule has 5 fully saturated rings. The zero-order valence-corrected chi connectivity index (χ0v) is 15.4. The van der Waals surface area contributed by atoms with Gasteiger partial charge in [-0.05, 0) is 81.1 Å². The van der Waals surface area contributed by atoms with Gasteiger partial charge in [0.1, 0.15) is 0 Å². The molecule has 1 aromatic rings. The van der Waals surface area contributed by atoms with Crippen molar-refractivity contribution in [2.24, 2.45) is 11.8 Å². The van der Waals surface area contributed by atoms with E-state index >= 15 is 0 Å². The Morgan fingerprint density at radius 1 is 1.04 bits per heavy atom. The second-order valence-corrected chi connectivity index (χ2v) is 9.51. The minimum atomic E-state index is 0.0502. The number of likely N-dealkylation sites (tertiary alicyclic amines) is 1. The van der Waals surface area contributed by atoms with E-state index in [1.807, 2.05) is 4.90 Å². The summed E-state index contributed by atoms with van der Waals surface area (Å²) in [5.74, 6) is 1.59. The maximum absolute atomic E-state index is 12.8. The van der Waals surface area contributed by atoms with Crippen LogP contribution in [0.5, 0.6) is 0 Å². The first-order valence-corrected chi connectivity index (χ1v) is 10.2. The average Bonchev–Trinajstić information content (AvgIpc) is 3.08. The summed E-state index contributed by atoms with van der Waals surface area (Å²) < 4.78 is 0. The molecule has 1 aromatic carbocycles. The van der Waals surface area contributed by atoms with Gasteiger partial charge < -0.3 is 10.2 Å². The summed E-state index contributed by atoms with van der Waals surface area (Å²) in [6, 6.07) is 9.46. The second-order valence-electron chi connectivity index (χ2n) is 9.51. The lowest BCUT2D eigenvalue weighted by Gasteiger charge is -2.62. The Hall–Kier alpha value is -1.51. The Kier molecular flexibility index (Phi) is 3.45. The van der Waals surface area contributed by atoms with Crippen LogP contribution in [0.2, 0.25) is 0 Å². The molecule has 1 N–H and O–H groups in total. The summed E-state index contributed by atoms with van der Waals surface area (Å²) in [4.78, 5) is 14.9. The van der Waals surface area contributed by atoms with E-state index in [0.29, 0.717) is 5.41 Å². The van der Waals surface area contributed by atoms with Crippen molar-refractivity contribution in [2.45, 2.75) is 69.2 Å². The quantitative estimate of drug-likeness (QED) is 0.852. The number of amides is 2. The van der Waals surface area contributed by atoms with Crippen LogP contribution in [0.3, 0.4) is 0 Å². The molecule has 2 unspecified atom stereocenters. The van der Waals surface area contributed by atoms with E-state index in [1.54, 1.807) is 0 Å². The fourth-order valence-corrected chi connectivity index (χ4v) is 6.88. The first kappa shape index (κ1) is 15.7. The summed E-state index contributed by atoms with van der Waals surface area (Å²) in [5.41, 5.74) is 3.21. The first-order chi connectivity index (χ1) is 12.1. The summed E-state index contributed by atoms with van der Waals surface area (Å²) in [7, 11) is 0. The third-order valence-electron chi connectivity index (χ3n) is 7.49. The van der Waals surface area contributed by atoms with Gasteiger partial charge in [-0.3, -0.25) is 0 Å². The number of hydrogen-bond donors (Lipinski definition) is 1. The molecule has 1 aliphatic heterocycles. The van der Waals surface area contributed by atoms with Gasteiger partial charge in [0.25, 0.3) is 0 Å². The largest absolute Gasteiger partial charge is 0.333 e. The van der Waals surface area contributed by atoms with Gasteiger partial charge in [-0.15, -0.1) is 0 Å². The lowest BCUT2D eigenvalue weighted by atomic mass is 9.45. The first-order valence-electron chi connectivity index (χ1n) is 10.2. The van der Waals surface area contributed by atoms with Gasteiger partial charge in [-0.25, -0.2) is 4.79 Å². The van der Waals surface area contributed by atoms with E-state index in [9.17, 15) is 4.79 Å². The molecule has 3 heteroatoms. The summed E-state index contributed by atoms with van der Waals surface area (Å²) in [5, 5.41) is 3.56. The second kappa shape index (κ2) is 5.49. The summed E-state index contributed by atoms with van der Waals surface area (Å²) >= 11 is 0. The van der Waals surface area contributed by atoms with Crippen LogP contribution in [0.1, 0.15) is 62.5 Å². The average molecular weight is 338 g/mol. The third-order valence-corrected chi connectivity index (χ3v) is 7.49. The van der Waals surface area contributed by atoms with Crippen molar-refractivity contribution >= 4 is 6.03 Å². The van der Waals surface area contributed by atoms with Crippen LogP contribution < -0.4 is 5.32 Å². The van der Waals surface area contributed by atoms with Crippen LogP contribution in [-0.2, 0) is 5.41 Å². The van der Waals surface area contributed by atoms with Crippen molar-refractivity contribution in [3.63, 3.8) is 0 Å². The lowest BCUT2D eigenvalue weighted by Crippen LogP contribution is -2.65. The number of aryl methyl sites for hydroxylation is 1. The van der Waals surface area contributed by atoms with Crippen LogP contribution in [0.15, 0.2) is 24.3 Å². The predicted octanol–water partition coefficient (Wildman–Crippen LogP) is 4.39. The van der Waals surface area contributed by atoms with E-state index in [2.05, 4.69) is 36.5 Å². The minimum Gasteiger partial charge on any atom is -0.333 e. The Balaban J connectivity index is 1.44. The van der Waals surface area contributed by atoms with Crippen LogP contribution in [0.4, 0.5) is 4.79 Å². The molecule has 3 nitrogen and oxygen atoms in total. The van der Waals surface area contributed by atoms with Crippen LogP contribution >= 0.6 is 0 Å². The number of nitrogens with zero attached hydrogens (tertiary/aromatic N) is 1. The molecule has 25 heavy (non-hydrogen) atoms. The number of carbonyl (C=O) groups is 1. The standard InChI is InChI=1S/C22H30N2O/c1-16-4-6-19(7-5-16)21-11-17-10-18(12-21)14-22(13-17,15-21)23-20(25)24-8-2-3-9-24/h4-7,17-18H,2-3,8-15H2,1H3,(H,23,25).